The Hall–Kier alpha value is -1.23. The zero-order valence-electron chi connectivity index (χ0n) is 8.80. The number of nitrogens with zero attached hydrogens (tertiary/aromatic N) is 4. The monoisotopic (exact) mass is 208 g/mol. The van der Waals surface area contributed by atoms with Gasteiger partial charge < -0.3 is 4.90 Å². The Morgan fingerprint density at radius 3 is 2.73 bits per heavy atom. The smallest absolute Gasteiger partial charge is 0.171 e. The summed E-state index contributed by atoms with van der Waals surface area (Å²) in [6.45, 7) is 4.20. The highest BCUT2D eigenvalue weighted by Gasteiger charge is 2.09. The van der Waals surface area contributed by atoms with E-state index in [0.29, 0.717) is 5.69 Å². The van der Waals surface area contributed by atoms with E-state index in [9.17, 15) is 4.79 Å². The molecule has 0 unspecified atom stereocenters. The summed E-state index contributed by atoms with van der Waals surface area (Å²) in [5, 5.41) is 7.60. The Kier molecular flexibility index (Phi) is 3.45. The summed E-state index contributed by atoms with van der Waals surface area (Å²) in [6, 6.07) is 0. The van der Waals surface area contributed by atoms with Gasteiger partial charge >= 0.3 is 0 Å². The summed E-state index contributed by atoms with van der Waals surface area (Å²) in [7, 11) is 0. The molecule has 1 aromatic heterocycles. The average molecular weight is 208 g/mol. The second-order valence-corrected chi connectivity index (χ2v) is 3.93. The molecule has 0 aliphatic carbocycles. The van der Waals surface area contributed by atoms with Crippen LogP contribution in [0, 0.1) is 0 Å². The van der Waals surface area contributed by atoms with Crippen molar-refractivity contribution in [3.05, 3.63) is 11.9 Å². The van der Waals surface area contributed by atoms with Gasteiger partial charge in [-0.3, -0.25) is 9.48 Å². The van der Waals surface area contributed by atoms with Crippen LogP contribution in [0.25, 0.3) is 0 Å². The highest BCUT2D eigenvalue weighted by Crippen LogP contribution is 2.08. The molecule has 1 fully saturated rings. The molecule has 1 aromatic rings. The van der Waals surface area contributed by atoms with Crippen LogP contribution in [0.1, 0.15) is 29.8 Å². The van der Waals surface area contributed by atoms with Crippen LogP contribution in [0.2, 0.25) is 0 Å². The van der Waals surface area contributed by atoms with Gasteiger partial charge in [0.25, 0.3) is 0 Å². The number of hydrogen-bond acceptors (Lipinski definition) is 4. The maximum atomic E-state index is 10.4. The lowest BCUT2D eigenvalue weighted by atomic mass is 10.1. The van der Waals surface area contributed by atoms with Crippen LogP contribution >= 0.6 is 0 Å². The molecule has 2 heterocycles. The summed E-state index contributed by atoms with van der Waals surface area (Å²) in [6.07, 6.45) is 6.38. The van der Waals surface area contributed by atoms with E-state index in [1.165, 1.54) is 32.4 Å². The Bertz CT molecular complexity index is 317. The van der Waals surface area contributed by atoms with Crippen molar-refractivity contribution in [2.45, 2.75) is 25.8 Å². The number of hydrogen-bond donors (Lipinski definition) is 0. The molecule has 15 heavy (non-hydrogen) atoms. The average Bonchev–Trinajstić information content (AvgIpc) is 2.76. The van der Waals surface area contributed by atoms with Gasteiger partial charge in [0.1, 0.15) is 5.69 Å². The number of aldehydes is 1. The molecular weight excluding hydrogens is 192 g/mol. The van der Waals surface area contributed by atoms with Gasteiger partial charge in [-0.1, -0.05) is 11.6 Å². The molecule has 1 aliphatic rings. The van der Waals surface area contributed by atoms with Crippen molar-refractivity contribution in [2.24, 2.45) is 0 Å². The van der Waals surface area contributed by atoms with Gasteiger partial charge in [0.15, 0.2) is 6.29 Å². The van der Waals surface area contributed by atoms with Crippen molar-refractivity contribution in [3.8, 4) is 0 Å². The van der Waals surface area contributed by atoms with E-state index >= 15 is 0 Å². The third kappa shape index (κ3) is 2.86. The fourth-order valence-electron chi connectivity index (χ4n) is 1.90. The Morgan fingerprint density at radius 1 is 1.27 bits per heavy atom. The van der Waals surface area contributed by atoms with Crippen LogP contribution in [0.4, 0.5) is 0 Å². The fraction of sp³-hybridized carbons (Fsp3) is 0.700. The highest BCUT2D eigenvalue weighted by molar-refractivity contribution is 5.70. The first-order valence-corrected chi connectivity index (χ1v) is 5.46. The van der Waals surface area contributed by atoms with Gasteiger partial charge in [-0.15, -0.1) is 5.10 Å². The van der Waals surface area contributed by atoms with Crippen molar-refractivity contribution in [1.82, 2.24) is 19.9 Å². The summed E-state index contributed by atoms with van der Waals surface area (Å²) in [5.41, 5.74) is 0.411. The summed E-state index contributed by atoms with van der Waals surface area (Å²) >= 11 is 0. The van der Waals surface area contributed by atoms with Crippen LogP contribution < -0.4 is 0 Å². The molecule has 0 aromatic carbocycles. The van der Waals surface area contributed by atoms with Crippen LogP contribution in [-0.2, 0) is 6.54 Å². The predicted octanol–water partition coefficient (Wildman–Crippen LogP) is 0.576. The molecular formula is C10H16N4O. The number of carbonyl (C=O) groups is 1. The topological polar surface area (TPSA) is 51.0 Å². The minimum atomic E-state index is 0.411. The SMILES string of the molecule is O=Cc1cn(CCN2CCCCC2)nn1. The number of piperidine rings is 1. The number of carbonyl (C=O) groups excluding carboxylic acids is 1. The maximum Gasteiger partial charge on any atom is 0.171 e. The minimum absolute atomic E-state index is 0.411. The van der Waals surface area contributed by atoms with Gasteiger partial charge in [0.05, 0.1) is 12.7 Å². The van der Waals surface area contributed by atoms with Crippen molar-refractivity contribution >= 4 is 6.29 Å². The molecule has 0 atom stereocenters. The zero-order chi connectivity index (χ0) is 10.5. The van der Waals surface area contributed by atoms with E-state index in [-0.39, 0.29) is 0 Å². The van der Waals surface area contributed by atoms with Gasteiger partial charge in [-0.25, -0.2) is 0 Å². The quantitative estimate of drug-likeness (QED) is 0.679. The fourth-order valence-corrected chi connectivity index (χ4v) is 1.90. The highest BCUT2D eigenvalue weighted by atomic mass is 16.1. The zero-order valence-corrected chi connectivity index (χ0v) is 8.80. The third-order valence-electron chi connectivity index (χ3n) is 2.77. The molecule has 0 N–H and O–H groups in total. The molecule has 0 spiro atoms. The molecule has 5 heteroatoms. The van der Waals surface area contributed by atoms with E-state index in [1.807, 2.05) is 0 Å². The van der Waals surface area contributed by atoms with E-state index in [2.05, 4.69) is 15.2 Å². The first kappa shape index (κ1) is 10.3. The standard InChI is InChI=1S/C10H16N4O/c15-9-10-8-14(12-11-10)7-6-13-4-2-1-3-5-13/h8-9H,1-7H2. The van der Waals surface area contributed by atoms with Crippen molar-refractivity contribution in [3.63, 3.8) is 0 Å². The minimum Gasteiger partial charge on any atom is -0.301 e. The summed E-state index contributed by atoms with van der Waals surface area (Å²) in [4.78, 5) is 12.8. The Balaban J connectivity index is 1.79. The molecule has 1 aliphatic heterocycles. The van der Waals surface area contributed by atoms with E-state index < -0.39 is 0 Å². The molecule has 82 valence electrons. The lowest BCUT2D eigenvalue weighted by Gasteiger charge is -2.25. The summed E-state index contributed by atoms with van der Waals surface area (Å²) < 4.78 is 1.73. The molecule has 5 nitrogen and oxygen atoms in total. The van der Waals surface area contributed by atoms with Gasteiger partial charge in [0.2, 0.25) is 0 Å². The van der Waals surface area contributed by atoms with Crippen LogP contribution in [0.15, 0.2) is 6.20 Å². The van der Waals surface area contributed by atoms with Crippen molar-refractivity contribution in [1.29, 1.82) is 0 Å². The van der Waals surface area contributed by atoms with Crippen molar-refractivity contribution < 1.29 is 4.79 Å². The van der Waals surface area contributed by atoms with E-state index in [4.69, 9.17) is 0 Å². The molecule has 0 saturated carbocycles. The summed E-state index contributed by atoms with van der Waals surface area (Å²) in [5.74, 6) is 0. The molecule has 2 rings (SSSR count). The van der Waals surface area contributed by atoms with E-state index in [0.717, 1.165) is 19.4 Å². The molecule has 0 radical (unpaired) electrons. The maximum absolute atomic E-state index is 10.4. The number of likely N-dealkylation sites (tertiary alicyclic amines) is 1. The van der Waals surface area contributed by atoms with Gasteiger partial charge in [-0.2, -0.15) is 0 Å². The molecule has 1 saturated heterocycles. The molecule has 0 amide bonds. The third-order valence-corrected chi connectivity index (χ3v) is 2.77. The second kappa shape index (κ2) is 5.02. The van der Waals surface area contributed by atoms with E-state index in [1.54, 1.807) is 10.9 Å². The Morgan fingerprint density at radius 2 is 2.07 bits per heavy atom. The molecule has 0 bridgehead atoms. The number of aromatic nitrogens is 3. The van der Waals surface area contributed by atoms with Crippen LogP contribution in [0.3, 0.4) is 0 Å². The lowest BCUT2D eigenvalue weighted by Crippen LogP contribution is -2.32. The van der Waals surface area contributed by atoms with Gasteiger partial charge in [0, 0.05) is 6.54 Å². The first-order valence-electron chi connectivity index (χ1n) is 5.46. The van der Waals surface area contributed by atoms with Crippen molar-refractivity contribution in [2.75, 3.05) is 19.6 Å². The van der Waals surface area contributed by atoms with Gasteiger partial charge in [-0.05, 0) is 25.9 Å². The second-order valence-electron chi connectivity index (χ2n) is 3.93. The largest absolute Gasteiger partial charge is 0.301 e. The normalized spacial score (nSPS) is 17.9. The first-order chi connectivity index (χ1) is 7.38. The number of rotatable bonds is 4. The lowest BCUT2D eigenvalue weighted by molar-refractivity contribution is 0.111. The van der Waals surface area contributed by atoms with Crippen LogP contribution in [-0.4, -0.2) is 45.8 Å². The van der Waals surface area contributed by atoms with Crippen LogP contribution in [0.5, 0.6) is 0 Å². The Labute approximate surface area is 89.1 Å². The predicted molar refractivity (Wildman–Crippen MR) is 55.7 cm³/mol.